The molecule has 6 heteroatoms. The van der Waals surface area contributed by atoms with Gasteiger partial charge in [0.2, 0.25) is 0 Å². The topological polar surface area (TPSA) is 63.8 Å². The van der Waals surface area contributed by atoms with E-state index in [0.717, 1.165) is 33.6 Å². The van der Waals surface area contributed by atoms with Gasteiger partial charge < -0.3 is 0 Å². The number of hydrazine groups is 1. The molecule has 3 N–H and O–H groups in total. The minimum atomic E-state index is 0.169. The highest BCUT2D eigenvalue weighted by molar-refractivity contribution is 9.10. The molecular formula is C12H15BrN4S. The fourth-order valence-corrected chi connectivity index (χ4v) is 2.83. The molecule has 2 aromatic rings. The highest BCUT2D eigenvalue weighted by Gasteiger charge is 2.11. The highest BCUT2D eigenvalue weighted by atomic mass is 79.9. The lowest BCUT2D eigenvalue weighted by atomic mass is 10.0. The van der Waals surface area contributed by atoms with E-state index in [9.17, 15) is 0 Å². The Balaban J connectivity index is 2.01. The van der Waals surface area contributed by atoms with Crippen LogP contribution in [0.25, 0.3) is 0 Å². The van der Waals surface area contributed by atoms with E-state index in [1.54, 1.807) is 17.5 Å². The molecule has 1 atom stereocenters. The molecule has 2 aromatic heterocycles. The first-order chi connectivity index (χ1) is 8.67. The van der Waals surface area contributed by atoms with E-state index >= 15 is 0 Å². The molecule has 1 unspecified atom stereocenters. The van der Waals surface area contributed by atoms with Crippen LogP contribution in [0.3, 0.4) is 0 Å². The van der Waals surface area contributed by atoms with E-state index in [1.165, 1.54) is 0 Å². The Hall–Kier alpha value is -0.820. The lowest BCUT2D eigenvalue weighted by Crippen LogP contribution is -2.38. The van der Waals surface area contributed by atoms with Crippen LogP contribution < -0.4 is 11.3 Å². The van der Waals surface area contributed by atoms with Crippen LogP contribution in [-0.2, 0) is 12.8 Å². The summed E-state index contributed by atoms with van der Waals surface area (Å²) in [5.41, 5.74) is 5.09. The molecule has 0 fully saturated rings. The average molecular weight is 327 g/mol. The summed E-state index contributed by atoms with van der Waals surface area (Å²) in [6.07, 6.45) is 5.30. The number of thiazole rings is 1. The zero-order valence-corrected chi connectivity index (χ0v) is 12.5. The molecule has 0 saturated heterocycles. The number of hydrogen-bond acceptors (Lipinski definition) is 5. The van der Waals surface area contributed by atoms with Crippen LogP contribution in [0.2, 0.25) is 0 Å². The lowest BCUT2D eigenvalue weighted by molar-refractivity contribution is 0.517. The van der Waals surface area contributed by atoms with E-state index in [2.05, 4.69) is 42.8 Å². The van der Waals surface area contributed by atoms with E-state index in [4.69, 9.17) is 5.84 Å². The normalized spacial score (nSPS) is 12.6. The van der Waals surface area contributed by atoms with Gasteiger partial charge in [-0.3, -0.25) is 16.3 Å². The lowest BCUT2D eigenvalue weighted by Gasteiger charge is -2.14. The largest absolute Gasteiger partial charge is 0.271 e. The van der Waals surface area contributed by atoms with Gasteiger partial charge in [-0.05, 0) is 40.9 Å². The Bertz CT molecular complexity index is 514. The van der Waals surface area contributed by atoms with Gasteiger partial charge in [0.15, 0.2) is 0 Å². The van der Waals surface area contributed by atoms with Crippen molar-refractivity contribution in [2.75, 3.05) is 0 Å². The second kappa shape index (κ2) is 6.38. The van der Waals surface area contributed by atoms with Crippen LogP contribution in [0.4, 0.5) is 0 Å². The minimum absolute atomic E-state index is 0.169. The number of nitrogens with zero attached hydrogens (tertiary/aromatic N) is 2. The second-order valence-electron chi connectivity index (χ2n) is 4.14. The summed E-state index contributed by atoms with van der Waals surface area (Å²) in [6, 6.07) is 2.23. The van der Waals surface area contributed by atoms with Crippen molar-refractivity contribution in [3.8, 4) is 0 Å². The number of aryl methyl sites for hydroxylation is 1. The molecule has 0 radical (unpaired) electrons. The number of pyridine rings is 1. The van der Waals surface area contributed by atoms with Gasteiger partial charge in [-0.2, -0.15) is 0 Å². The Kier molecular flexibility index (Phi) is 4.82. The Morgan fingerprint density at radius 3 is 2.89 bits per heavy atom. The standard InChI is InChI=1S/C12H15BrN4S/c1-8-16-12(7-18-8)4-11(17-14)3-9-2-10(13)6-15-5-9/h2,5-7,11,17H,3-4,14H2,1H3. The maximum atomic E-state index is 5.61. The van der Waals surface area contributed by atoms with Crippen molar-refractivity contribution in [1.29, 1.82) is 0 Å². The van der Waals surface area contributed by atoms with E-state index in [1.807, 2.05) is 13.1 Å². The summed E-state index contributed by atoms with van der Waals surface area (Å²) >= 11 is 5.09. The monoisotopic (exact) mass is 326 g/mol. The fourth-order valence-electron chi connectivity index (χ4n) is 1.80. The number of nitrogens with two attached hydrogens (primary N) is 1. The molecular weight excluding hydrogens is 312 g/mol. The second-order valence-corrected chi connectivity index (χ2v) is 6.12. The quantitative estimate of drug-likeness (QED) is 0.653. The number of halogens is 1. The molecule has 0 bridgehead atoms. The Morgan fingerprint density at radius 2 is 2.28 bits per heavy atom. The van der Waals surface area contributed by atoms with Gasteiger partial charge in [-0.1, -0.05) is 0 Å². The molecule has 0 amide bonds. The zero-order valence-electron chi connectivity index (χ0n) is 10.1. The molecule has 0 saturated carbocycles. The van der Waals surface area contributed by atoms with Gasteiger partial charge in [-0.25, -0.2) is 4.98 Å². The predicted molar refractivity (Wildman–Crippen MR) is 77.3 cm³/mol. The number of nitrogens with one attached hydrogen (secondary N) is 1. The Labute approximate surface area is 119 Å². The molecule has 96 valence electrons. The molecule has 18 heavy (non-hydrogen) atoms. The third kappa shape index (κ3) is 3.84. The summed E-state index contributed by atoms with van der Waals surface area (Å²) in [5.74, 6) is 5.61. The van der Waals surface area contributed by atoms with Gasteiger partial charge in [0.25, 0.3) is 0 Å². The summed E-state index contributed by atoms with van der Waals surface area (Å²) in [4.78, 5) is 8.61. The maximum Gasteiger partial charge on any atom is 0.0897 e. The molecule has 0 aliphatic heterocycles. The van der Waals surface area contributed by atoms with Crippen molar-refractivity contribution in [1.82, 2.24) is 15.4 Å². The van der Waals surface area contributed by atoms with Crippen LogP contribution in [0.15, 0.2) is 28.3 Å². The minimum Gasteiger partial charge on any atom is -0.271 e. The van der Waals surface area contributed by atoms with Crippen LogP contribution >= 0.6 is 27.3 Å². The van der Waals surface area contributed by atoms with E-state index in [-0.39, 0.29) is 6.04 Å². The van der Waals surface area contributed by atoms with Crippen molar-refractivity contribution in [3.05, 3.63) is 44.6 Å². The fraction of sp³-hybridized carbons (Fsp3) is 0.333. The van der Waals surface area contributed by atoms with Crippen molar-refractivity contribution in [2.24, 2.45) is 5.84 Å². The average Bonchev–Trinajstić information content (AvgIpc) is 2.74. The molecule has 0 spiro atoms. The van der Waals surface area contributed by atoms with Crippen molar-refractivity contribution in [2.45, 2.75) is 25.8 Å². The molecule has 2 heterocycles. The Morgan fingerprint density at radius 1 is 1.44 bits per heavy atom. The van der Waals surface area contributed by atoms with E-state index in [0.29, 0.717) is 0 Å². The molecule has 2 rings (SSSR count). The van der Waals surface area contributed by atoms with Gasteiger partial charge in [0, 0.05) is 34.7 Å². The predicted octanol–water partition coefficient (Wildman–Crippen LogP) is 2.23. The molecule has 0 aromatic carbocycles. The van der Waals surface area contributed by atoms with Gasteiger partial charge in [-0.15, -0.1) is 11.3 Å². The first-order valence-electron chi connectivity index (χ1n) is 5.64. The summed E-state index contributed by atoms with van der Waals surface area (Å²) in [5, 5.41) is 3.17. The first-order valence-corrected chi connectivity index (χ1v) is 7.31. The van der Waals surface area contributed by atoms with Crippen molar-refractivity contribution < 1.29 is 0 Å². The smallest absolute Gasteiger partial charge is 0.0897 e. The van der Waals surface area contributed by atoms with Gasteiger partial charge >= 0.3 is 0 Å². The number of hydrogen-bond donors (Lipinski definition) is 2. The van der Waals surface area contributed by atoms with Crippen LogP contribution in [0, 0.1) is 6.92 Å². The first kappa shape index (κ1) is 13.6. The van der Waals surface area contributed by atoms with Gasteiger partial charge in [0.05, 0.1) is 10.7 Å². The summed E-state index contributed by atoms with van der Waals surface area (Å²) in [7, 11) is 0. The third-order valence-electron chi connectivity index (χ3n) is 2.60. The maximum absolute atomic E-state index is 5.61. The van der Waals surface area contributed by atoms with Gasteiger partial charge in [0.1, 0.15) is 0 Å². The van der Waals surface area contributed by atoms with Crippen LogP contribution in [0.5, 0.6) is 0 Å². The van der Waals surface area contributed by atoms with Crippen molar-refractivity contribution in [3.63, 3.8) is 0 Å². The zero-order chi connectivity index (χ0) is 13.0. The summed E-state index contributed by atoms with van der Waals surface area (Å²) < 4.78 is 0.986. The molecule has 0 aliphatic rings. The van der Waals surface area contributed by atoms with E-state index < -0.39 is 0 Å². The van der Waals surface area contributed by atoms with Crippen LogP contribution in [0.1, 0.15) is 16.3 Å². The molecule has 4 nitrogen and oxygen atoms in total. The van der Waals surface area contributed by atoms with Crippen molar-refractivity contribution >= 4 is 27.3 Å². The van der Waals surface area contributed by atoms with Crippen LogP contribution in [-0.4, -0.2) is 16.0 Å². The highest BCUT2D eigenvalue weighted by Crippen LogP contribution is 2.14. The summed E-state index contributed by atoms with van der Waals surface area (Å²) in [6.45, 7) is 2.01. The molecule has 0 aliphatic carbocycles. The SMILES string of the molecule is Cc1nc(CC(Cc2cncc(Br)c2)NN)cs1. The number of aromatic nitrogens is 2. The number of rotatable bonds is 5. The third-order valence-corrected chi connectivity index (χ3v) is 3.86.